The molecule has 0 aliphatic heterocycles. The van der Waals surface area contributed by atoms with Crippen LogP contribution >= 0.6 is 0 Å². The zero-order chi connectivity index (χ0) is 10.8. The Morgan fingerprint density at radius 1 is 1.40 bits per heavy atom. The van der Waals surface area contributed by atoms with Crippen molar-refractivity contribution in [1.29, 1.82) is 0 Å². The van der Waals surface area contributed by atoms with E-state index in [1.807, 2.05) is 7.05 Å². The first kappa shape index (κ1) is 9.86. The predicted octanol–water partition coefficient (Wildman–Crippen LogP) is 1.68. The van der Waals surface area contributed by atoms with Crippen LogP contribution in [0.4, 0.5) is 4.39 Å². The lowest BCUT2D eigenvalue weighted by molar-refractivity contribution is 0.628. The summed E-state index contributed by atoms with van der Waals surface area (Å²) < 4.78 is 15.3. The minimum absolute atomic E-state index is 0.269. The molecule has 15 heavy (non-hydrogen) atoms. The Labute approximate surface area is 87.4 Å². The van der Waals surface area contributed by atoms with Crippen LogP contribution in [0.25, 0.3) is 11.4 Å². The van der Waals surface area contributed by atoms with E-state index in [1.54, 1.807) is 29.0 Å². The summed E-state index contributed by atoms with van der Waals surface area (Å²) >= 11 is 0. The van der Waals surface area contributed by atoms with E-state index < -0.39 is 0 Å². The van der Waals surface area contributed by atoms with E-state index in [0.717, 1.165) is 5.69 Å². The SMILES string of the molecule is Cn1c(CN)cnc1-c1ccccc1F. The summed E-state index contributed by atoms with van der Waals surface area (Å²) in [6.45, 7) is 0.401. The van der Waals surface area contributed by atoms with E-state index in [0.29, 0.717) is 17.9 Å². The van der Waals surface area contributed by atoms with Crippen LogP contribution < -0.4 is 5.73 Å². The first-order chi connectivity index (χ1) is 7.24. The molecule has 0 bridgehead atoms. The molecule has 1 aromatic carbocycles. The highest BCUT2D eigenvalue weighted by molar-refractivity contribution is 5.56. The summed E-state index contributed by atoms with van der Waals surface area (Å²) in [5, 5.41) is 0. The molecular formula is C11H12FN3. The van der Waals surface area contributed by atoms with Crippen molar-refractivity contribution in [3.63, 3.8) is 0 Å². The van der Waals surface area contributed by atoms with Gasteiger partial charge in [-0.05, 0) is 12.1 Å². The van der Waals surface area contributed by atoms with Gasteiger partial charge >= 0.3 is 0 Å². The van der Waals surface area contributed by atoms with Crippen LogP contribution in [-0.2, 0) is 13.6 Å². The zero-order valence-electron chi connectivity index (χ0n) is 8.44. The minimum Gasteiger partial charge on any atom is -0.330 e. The largest absolute Gasteiger partial charge is 0.330 e. The maximum Gasteiger partial charge on any atom is 0.142 e. The Hall–Kier alpha value is -1.68. The molecule has 1 aromatic heterocycles. The number of halogens is 1. The third kappa shape index (κ3) is 1.64. The van der Waals surface area contributed by atoms with Crippen molar-refractivity contribution in [3.8, 4) is 11.4 Å². The number of hydrogen-bond donors (Lipinski definition) is 1. The summed E-state index contributed by atoms with van der Waals surface area (Å²) in [5.74, 6) is 0.336. The highest BCUT2D eigenvalue weighted by atomic mass is 19.1. The number of nitrogens with two attached hydrogens (primary N) is 1. The van der Waals surface area contributed by atoms with E-state index in [9.17, 15) is 4.39 Å². The normalized spacial score (nSPS) is 10.6. The van der Waals surface area contributed by atoms with E-state index in [-0.39, 0.29) is 5.82 Å². The van der Waals surface area contributed by atoms with Crippen molar-refractivity contribution in [2.75, 3.05) is 0 Å². The van der Waals surface area contributed by atoms with Gasteiger partial charge in [0.05, 0.1) is 17.5 Å². The molecular weight excluding hydrogens is 193 g/mol. The van der Waals surface area contributed by atoms with Gasteiger partial charge in [0.1, 0.15) is 11.6 Å². The van der Waals surface area contributed by atoms with Crippen LogP contribution in [0.15, 0.2) is 30.5 Å². The average molecular weight is 205 g/mol. The molecule has 2 rings (SSSR count). The summed E-state index contributed by atoms with van der Waals surface area (Å²) in [5.41, 5.74) is 6.91. The van der Waals surface area contributed by atoms with Crippen LogP contribution in [0.1, 0.15) is 5.69 Å². The van der Waals surface area contributed by atoms with E-state index in [1.165, 1.54) is 6.07 Å². The van der Waals surface area contributed by atoms with Crippen LogP contribution in [0, 0.1) is 5.82 Å². The maximum atomic E-state index is 13.5. The molecule has 0 amide bonds. The molecule has 0 unspecified atom stereocenters. The van der Waals surface area contributed by atoms with Gasteiger partial charge in [-0.3, -0.25) is 0 Å². The van der Waals surface area contributed by atoms with Gasteiger partial charge in [-0.1, -0.05) is 12.1 Å². The van der Waals surface area contributed by atoms with Crippen molar-refractivity contribution in [2.24, 2.45) is 12.8 Å². The molecule has 4 heteroatoms. The van der Waals surface area contributed by atoms with Crippen LogP contribution in [0.3, 0.4) is 0 Å². The summed E-state index contributed by atoms with van der Waals surface area (Å²) in [6.07, 6.45) is 1.67. The Morgan fingerprint density at radius 3 is 2.73 bits per heavy atom. The summed E-state index contributed by atoms with van der Waals surface area (Å²) in [6, 6.07) is 6.57. The van der Waals surface area contributed by atoms with Crippen molar-refractivity contribution >= 4 is 0 Å². The Morgan fingerprint density at radius 2 is 2.13 bits per heavy atom. The molecule has 0 aliphatic carbocycles. The smallest absolute Gasteiger partial charge is 0.142 e. The lowest BCUT2D eigenvalue weighted by Crippen LogP contribution is -2.04. The number of hydrogen-bond acceptors (Lipinski definition) is 2. The van der Waals surface area contributed by atoms with Crippen LogP contribution in [0.5, 0.6) is 0 Å². The number of benzene rings is 1. The third-order valence-corrected chi connectivity index (χ3v) is 2.41. The van der Waals surface area contributed by atoms with Gasteiger partial charge in [0.15, 0.2) is 0 Å². The number of rotatable bonds is 2. The molecule has 0 saturated carbocycles. The fraction of sp³-hybridized carbons (Fsp3) is 0.182. The standard InChI is InChI=1S/C11H12FN3/c1-15-8(6-13)7-14-11(15)9-4-2-3-5-10(9)12/h2-5,7H,6,13H2,1H3. The second-order valence-electron chi connectivity index (χ2n) is 3.32. The number of imidazole rings is 1. The topological polar surface area (TPSA) is 43.8 Å². The van der Waals surface area contributed by atoms with E-state index >= 15 is 0 Å². The first-order valence-electron chi connectivity index (χ1n) is 4.69. The van der Waals surface area contributed by atoms with Gasteiger partial charge in [0, 0.05) is 13.6 Å². The first-order valence-corrected chi connectivity index (χ1v) is 4.69. The lowest BCUT2D eigenvalue weighted by Gasteiger charge is -2.05. The molecule has 0 spiro atoms. The Bertz CT molecular complexity index is 476. The zero-order valence-corrected chi connectivity index (χ0v) is 8.44. The predicted molar refractivity (Wildman–Crippen MR) is 56.5 cm³/mol. The number of nitrogens with zero attached hydrogens (tertiary/aromatic N) is 2. The van der Waals surface area contributed by atoms with Crippen molar-refractivity contribution in [1.82, 2.24) is 9.55 Å². The second kappa shape index (κ2) is 3.82. The fourth-order valence-electron chi connectivity index (χ4n) is 1.53. The second-order valence-corrected chi connectivity index (χ2v) is 3.32. The van der Waals surface area contributed by atoms with Crippen LogP contribution in [-0.4, -0.2) is 9.55 Å². The summed E-state index contributed by atoms with van der Waals surface area (Å²) in [4.78, 5) is 4.16. The molecule has 0 aliphatic rings. The molecule has 78 valence electrons. The highest BCUT2D eigenvalue weighted by Gasteiger charge is 2.10. The lowest BCUT2D eigenvalue weighted by atomic mass is 10.2. The van der Waals surface area contributed by atoms with Crippen LogP contribution in [0.2, 0.25) is 0 Å². The maximum absolute atomic E-state index is 13.5. The van der Waals surface area contributed by atoms with E-state index in [4.69, 9.17) is 5.73 Å². The molecule has 2 N–H and O–H groups in total. The van der Waals surface area contributed by atoms with Gasteiger partial charge in [0.25, 0.3) is 0 Å². The van der Waals surface area contributed by atoms with Gasteiger partial charge in [-0.25, -0.2) is 9.37 Å². The number of aromatic nitrogens is 2. The van der Waals surface area contributed by atoms with Gasteiger partial charge in [0.2, 0.25) is 0 Å². The molecule has 0 radical (unpaired) electrons. The van der Waals surface area contributed by atoms with Crippen molar-refractivity contribution in [3.05, 3.63) is 42.0 Å². The minimum atomic E-state index is -0.269. The third-order valence-electron chi connectivity index (χ3n) is 2.41. The quantitative estimate of drug-likeness (QED) is 0.810. The molecule has 1 heterocycles. The molecule has 3 nitrogen and oxygen atoms in total. The van der Waals surface area contributed by atoms with Crippen molar-refractivity contribution < 1.29 is 4.39 Å². The molecule has 2 aromatic rings. The fourth-order valence-corrected chi connectivity index (χ4v) is 1.53. The molecule has 0 atom stereocenters. The van der Waals surface area contributed by atoms with Gasteiger partial charge in [-0.2, -0.15) is 0 Å². The van der Waals surface area contributed by atoms with Gasteiger partial charge < -0.3 is 10.3 Å². The molecule has 0 saturated heterocycles. The highest BCUT2D eigenvalue weighted by Crippen LogP contribution is 2.21. The molecule has 0 fully saturated rings. The monoisotopic (exact) mass is 205 g/mol. The van der Waals surface area contributed by atoms with Crippen molar-refractivity contribution in [2.45, 2.75) is 6.54 Å². The average Bonchev–Trinajstić information content (AvgIpc) is 2.60. The van der Waals surface area contributed by atoms with Gasteiger partial charge in [-0.15, -0.1) is 0 Å². The Balaban J connectivity index is 2.55. The Kier molecular flexibility index (Phi) is 2.51. The van der Waals surface area contributed by atoms with E-state index in [2.05, 4.69) is 4.98 Å². The summed E-state index contributed by atoms with van der Waals surface area (Å²) in [7, 11) is 1.83.